The van der Waals surface area contributed by atoms with Crippen molar-refractivity contribution in [1.29, 1.82) is 0 Å². The number of aliphatic hydroxyl groups is 1. The topological polar surface area (TPSA) is 42.4 Å². The summed E-state index contributed by atoms with van der Waals surface area (Å²) in [6.45, 7) is 0. The van der Waals surface area contributed by atoms with Gasteiger partial charge in [-0.05, 0) is 24.3 Å². The van der Waals surface area contributed by atoms with Crippen LogP contribution in [0.15, 0.2) is 30.5 Å². The Morgan fingerprint density at radius 2 is 2.05 bits per heavy atom. The number of rotatable bonds is 3. The van der Waals surface area contributed by atoms with Crippen LogP contribution in [-0.2, 0) is 0 Å². The molecule has 0 radical (unpaired) electrons. The second-order valence-electron chi connectivity index (χ2n) is 3.81. The van der Waals surface area contributed by atoms with Crippen LogP contribution in [0.5, 0.6) is 5.75 Å². The number of hydrogen-bond donors (Lipinski definition) is 1. The zero-order valence-corrected chi connectivity index (χ0v) is 11.4. The van der Waals surface area contributed by atoms with E-state index in [-0.39, 0.29) is 16.3 Å². The molecule has 2 aromatic rings. The standard InChI is InChI=1S/C13H10Cl2FNO2/c1-19-11-3-2-8(16)5-9(11)13(18)12-10(15)4-7(14)6-17-12/h2-6,13,18H,1H3. The third kappa shape index (κ3) is 2.97. The van der Waals surface area contributed by atoms with Crippen molar-refractivity contribution in [2.45, 2.75) is 6.10 Å². The SMILES string of the molecule is COc1ccc(F)cc1C(O)c1ncc(Cl)cc1Cl. The van der Waals surface area contributed by atoms with Crippen molar-refractivity contribution in [2.75, 3.05) is 7.11 Å². The molecule has 100 valence electrons. The van der Waals surface area contributed by atoms with Gasteiger partial charge in [-0.25, -0.2) is 4.39 Å². The van der Waals surface area contributed by atoms with Crippen LogP contribution in [-0.4, -0.2) is 17.2 Å². The fraction of sp³-hybridized carbons (Fsp3) is 0.154. The lowest BCUT2D eigenvalue weighted by molar-refractivity contribution is 0.209. The van der Waals surface area contributed by atoms with Crippen molar-refractivity contribution in [3.8, 4) is 5.75 Å². The monoisotopic (exact) mass is 301 g/mol. The van der Waals surface area contributed by atoms with Gasteiger partial charge in [0.2, 0.25) is 0 Å². The molecular formula is C13H10Cl2FNO2. The molecule has 1 atom stereocenters. The summed E-state index contributed by atoms with van der Waals surface area (Å²) >= 11 is 11.7. The van der Waals surface area contributed by atoms with E-state index in [0.29, 0.717) is 10.8 Å². The van der Waals surface area contributed by atoms with E-state index in [1.807, 2.05) is 0 Å². The number of hydrogen-bond acceptors (Lipinski definition) is 3. The Morgan fingerprint density at radius 1 is 1.32 bits per heavy atom. The van der Waals surface area contributed by atoms with Crippen molar-refractivity contribution in [3.05, 3.63) is 57.6 Å². The highest BCUT2D eigenvalue weighted by atomic mass is 35.5. The summed E-state index contributed by atoms with van der Waals surface area (Å²) in [7, 11) is 1.43. The molecule has 0 bridgehead atoms. The number of aromatic nitrogens is 1. The summed E-state index contributed by atoms with van der Waals surface area (Å²) in [5, 5.41) is 10.8. The van der Waals surface area contributed by atoms with Crippen LogP contribution in [0.4, 0.5) is 4.39 Å². The quantitative estimate of drug-likeness (QED) is 0.941. The van der Waals surface area contributed by atoms with Gasteiger partial charge in [-0.2, -0.15) is 0 Å². The zero-order valence-electron chi connectivity index (χ0n) is 9.90. The summed E-state index contributed by atoms with van der Waals surface area (Å²) < 4.78 is 18.4. The number of pyridine rings is 1. The van der Waals surface area contributed by atoms with E-state index < -0.39 is 11.9 Å². The Bertz CT molecular complexity index is 607. The molecule has 0 aliphatic heterocycles. The van der Waals surface area contributed by atoms with Crippen molar-refractivity contribution in [1.82, 2.24) is 4.98 Å². The highest BCUT2D eigenvalue weighted by Crippen LogP contribution is 2.33. The van der Waals surface area contributed by atoms with Crippen LogP contribution in [0.1, 0.15) is 17.4 Å². The Labute approximate surface area is 119 Å². The Hall–Kier alpha value is -1.36. The van der Waals surface area contributed by atoms with E-state index in [1.165, 1.54) is 37.6 Å². The molecule has 0 saturated carbocycles. The summed E-state index contributed by atoms with van der Waals surface area (Å²) in [5.74, 6) is -0.137. The second-order valence-corrected chi connectivity index (χ2v) is 4.65. The van der Waals surface area contributed by atoms with Gasteiger partial charge in [0.1, 0.15) is 17.7 Å². The fourth-order valence-electron chi connectivity index (χ4n) is 1.69. The van der Waals surface area contributed by atoms with E-state index in [2.05, 4.69) is 4.98 Å². The predicted molar refractivity (Wildman–Crippen MR) is 71.3 cm³/mol. The van der Waals surface area contributed by atoms with Crippen LogP contribution in [0, 0.1) is 5.82 Å². The molecule has 2 rings (SSSR count). The first kappa shape index (κ1) is 14.1. The maximum Gasteiger partial charge on any atom is 0.126 e. The molecule has 1 heterocycles. The molecule has 1 N–H and O–H groups in total. The molecule has 0 saturated heterocycles. The van der Waals surface area contributed by atoms with Crippen LogP contribution >= 0.6 is 23.2 Å². The highest BCUT2D eigenvalue weighted by molar-refractivity contribution is 6.34. The van der Waals surface area contributed by atoms with Crippen molar-refractivity contribution < 1.29 is 14.2 Å². The van der Waals surface area contributed by atoms with Gasteiger partial charge in [-0.3, -0.25) is 4.98 Å². The molecule has 0 aliphatic carbocycles. The second kappa shape index (κ2) is 5.74. The van der Waals surface area contributed by atoms with E-state index in [4.69, 9.17) is 27.9 Å². The van der Waals surface area contributed by atoms with Gasteiger partial charge in [0, 0.05) is 11.8 Å². The van der Waals surface area contributed by atoms with Crippen LogP contribution in [0.3, 0.4) is 0 Å². The molecule has 1 unspecified atom stereocenters. The van der Waals surface area contributed by atoms with Gasteiger partial charge in [0.25, 0.3) is 0 Å². The largest absolute Gasteiger partial charge is 0.496 e. The number of ether oxygens (including phenoxy) is 1. The average Bonchev–Trinajstić information content (AvgIpc) is 2.38. The molecule has 0 aliphatic rings. The number of methoxy groups -OCH3 is 1. The lowest BCUT2D eigenvalue weighted by Crippen LogP contribution is -2.06. The van der Waals surface area contributed by atoms with E-state index in [1.54, 1.807) is 0 Å². The van der Waals surface area contributed by atoms with Crippen molar-refractivity contribution >= 4 is 23.2 Å². The summed E-state index contributed by atoms with van der Waals surface area (Å²) in [4.78, 5) is 3.97. The van der Waals surface area contributed by atoms with Crippen molar-refractivity contribution in [3.63, 3.8) is 0 Å². The first-order valence-corrected chi connectivity index (χ1v) is 6.11. The lowest BCUT2D eigenvalue weighted by atomic mass is 10.0. The number of aliphatic hydroxyl groups excluding tert-OH is 1. The molecule has 19 heavy (non-hydrogen) atoms. The molecule has 0 amide bonds. The van der Waals surface area contributed by atoms with Gasteiger partial charge < -0.3 is 9.84 Å². The van der Waals surface area contributed by atoms with Gasteiger partial charge in [0.15, 0.2) is 0 Å². The van der Waals surface area contributed by atoms with Gasteiger partial charge in [-0.15, -0.1) is 0 Å². The van der Waals surface area contributed by atoms with Crippen molar-refractivity contribution in [2.24, 2.45) is 0 Å². The molecular weight excluding hydrogens is 292 g/mol. The first-order chi connectivity index (χ1) is 9.02. The smallest absolute Gasteiger partial charge is 0.126 e. The first-order valence-electron chi connectivity index (χ1n) is 5.35. The van der Waals surface area contributed by atoms with E-state index in [0.717, 1.165) is 0 Å². The third-order valence-electron chi connectivity index (χ3n) is 2.58. The fourth-order valence-corrected chi connectivity index (χ4v) is 2.18. The summed E-state index contributed by atoms with van der Waals surface area (Å²) in [6.07, 6.45) is 0.160. The molecule has 0 spiro atoms. The molecule has 1 aromatic carbocycles. The minimum absolute atomic E-state index is 0.190. The number of benzene rings is 1. The average molecular weight is 302 g/mol. The molecule has 6 heteroatoms. The Balaban J connectivity index is 2.49. The molecule has 0 fully saturated rings. The normalized spacial score (nSPS) is 12.3. The van der Waals surface area contributed by atoms with Gasteiger partial charge in [-0.1, -0.05) is 23.2 Å². The number of halogens is 3. The maximum absolute atomic E-state index is 13.3. The van der Waals surface area contributed by atoms with Crippen LogP contribution in [0.2, 0.25) is 10.0 Å². The van der Waals surface area contributed by atoms with Crippen LogP contribution < -0.4 is 4.74 Å². The van der Waals surface area contributed by atoms with E-state index in [9.17, 15) is 9.50 Å². The minimum Gasteiger partial charge on any atom is -0.496 e. The van der Waals surface area contributed by atoms with Crippen LogP contribution in [0.25, 0.3) is 0 Å². The maximum atomic E-state index is 13.3. The van der Waals surface area contributed by atoms with Gasteiger partial charge >= 0.3 is 0 Å². The molecule has 1 aromatic heterocycles. The third-order valence-corrected chi connectivity index (χ3v) is 3.09. The lowest BCUT2D eigenvalue weighted by Gasteiger charge is -2.15. The predicted octanol–water partition coefficient (Wildman–Crippen LogP) is 3.62. The van der Waals surface area contributed by atoms with E-state index >= 15 is 0 Å². The Morgan fingerprint density at radius 3 is 2.68 bits per heavy atom. The summed E-state index contributed by atoms with van der Waals surface area (Å²) in [6, 6.07) is 5.31. The summed E-state index contributed by atoms with van der Waals surface area (Å²) in [5.41, 5.74) is 0.439. The highest BCUT2D eigenvalue weighted by Gasteiger charge is 2.20. The zero-order chi connectivity index (χ0) is 14.0. The molecule has 3 nitrogen and oxygen atoms in total. The minimum atomic E-state index is -1.20. The number of nitrogens with zero attached hydrogens (tertiary/aromatic N) is 1. The van der Waals surface area contributed by atoms with Gasteiger partial charge in [0.05, 0.1) is 22.8 Å². The Kier molecular flexibility index (Phi) is 4.24.